The average Bonchev–Trinajstić information content (AvgIpc) is 2.92. The maximum Gasteiger partial charge on any atom is 0.176 e. The molecule has 1 heterocycles. The molecule has 0 aliphatic heterocycles. The van der Waals surface area contributed by atoms with Gasteiger partial charge in [0.05, 0.1) is 7.11 Å². The quantitative estimate of drug-likeness (QED) is 0.916. The van der Waals surface area contributed by atoms with E-state index >= 15 is 0 Å². The number of methoxy groups -OCH3 is 1. The summed E-state index contributed by atoms with van der Waals surface area (Å²) in [7, 11) is 1.68. The summed E-state index contributed by atoms with van der Waals surface area (Å²) in [5.41, 5.74) is 6.95. The lowest BCUT2D eigenvalue weighted by molar-refractivity contribution is 0.256. The van der Waals surface area contributed by atoms with Gasteiger partial charge in [-0.3, -0.25) is 0 Å². The first kappa shape index (κ1) is 12.5. The summed E-state index contributed by atoms with van der Waals surface area (Å²) in [5, 5.41) is 1.10. The van der Waals surface area contributed by atoms with Gasteiger partial charge >= 0.3 is 0 Å². The second-order valence-electron chi connectivity index (χ2n) is 5.53. The number of ether oxygens (including phenoxy) is 1. The molecule has 0 radical (unpaired) electrons. The van der Waals surface area contributed by atoms with Crippen LogP contribution >= 0.6 is 0 Å². The summed E-state index contributed by atoms with van der Waals surface area (Å²) in [6.45, 7) is 0.662. The van der Waals surface area contributed by atoms with Crippen LogP contribution in [-0.2, 0) is 5.41 Å². The Balaban J connectivity index is 2.09. The molecular weight excluding hydrogens is 238 g/mol. The number of benzene rings is 1. The number of nitrogens with two attached hydrogens (primary N) is 1. The van der Waals surface area contributed by atoms with Crippen molar-refractivity contribution in [2.24, 2.45) is 5.73 Å². The van der Waals surface area contributed by atoms with Crippen LogP contribution in [0.4, 0.5) is 0 Å². The topological polar surface area (TPSA) is 48.4 Å². The summed E-state index contributed by atoms with van der Waals surface area (Å²) in [4.78, 5) is 0. The molecule has 0 atom stereocenters. The van der Waals surface area contributed by atoms with Crippen LogP contribution < -0.4 is 10.5 Å². The molecule has 3 heteroatoms. The Morgan fingerprint density at radius 1 is 1.26 bits per heavy atom. The molecule has 19 heavy (non-hydrogen) atoms. The Labute approximate surface area is 113 Å². The number of rotatable bonds is 3. The van der Waals surface area contributed by atoms with Crippen molar-refractivity contribution < 1.29 is 9.15 Å². The van der Waals surface area contributed by atoms with E-state index in [0.29, 0.717) is 6.54 Å². The van der Waals surface area contributed by atoms with E-state index in [9.17, 15) is 0 Å². The first-order chi connectivity index (χ1) is 9.29. The molecule has 2 N–H and O–H groups in total. The fourth-order valence-corrected chi connectivity index (χ4v) is 3.24. The molecule has 3 nitrogen and oxygen atoms in total. The van der Waals surface area contributed by atoms with Crippen molar-refractivity contribution in [1.29, 1.82) is 0 Å². The predicted molar refractivity (Wildman–Crippen MR) is 76.6 cm³/mol. The molecule has 0 spiro atoms. The molecule has 0 unspecified atom stereocenters. The van der Waals surface area contributed by atoms with Gasteiger partial charge in [-0.15, -0.1) is 0 Å². The summed E-state index contributed by atoms with van der Waals surface area (Å²) >= 11 is 0. The second kappa shape index (κ2) is 4.89. The van der Waals surface area contributed by atoms with Gasteiger partial charge in [0, 0.05) is 17.3 Å². The first-order valence-electron chi connectivity index (χ1n) is 7.06. The van der Waals surface area contributed by atoms with Crippen molar-refractivity contribution in [1.82, 2.24) is 0 Å². The van der Waals surface area contributed by atoms with Crippen molar-refractivity contribution in [3.8, 4) is 5.75 Å². The highest BCUT2D eigenvalue weighted by atomic mass is 16.5. The molecule has 0 amide bonds. The molecule has 102 valence electrons. The first-order valence-corrected chi connectivity index (χ1v) is 7.06. The number of furan rings is 1. The zero-order valence-corrected chi connectivity index (χ0v) is 11.4. The Bertz CT molecular complexity index is 567. The van der Waals surface area contributed by atoms with Crippen LogP contribution in [0.1, 0.15) is 37.9 Å². The fourth-order valence-electron chi connectivity index (χ4n) is 3.24. The van der Waals surface area contributed by atoms with Gasteiger partial charge in [0.15, 0.2) is 11.3 Å². The molecule has 0 saturated heterocycles. The van der Waals surface area contributed by atoms with Crippen LogP contribution in [0.15, 0.2) is 28.7 Å². The van der Waals surface area contributed by atoms with Crippen molar-refractivity contribution >= 4 is 11.0 Å². The molecule has 1 fully saturated rings. The Hall–Kier alpha value is -1.48. The molecule has 1 aliphatic rings. The van der Waals surface area contributed by atoms with Gasteiger partial charge in [-0.25, -0.2) is 0 Å². The highest BCUT2D eigenvalue weighted by Gasteiger charge is 2.35. The summed E-state index contributed by atoms with van der Waals surface area (Å²) in [5.74, 6) is 1.83. The van der Waals surface area contributed by atoms with E-state index in [1.54, 1.807) is 7.11 Å². The monoisotopic (exact) mass is 259 g/mol. The Kier molecular flexibility index (Phi) is 3.23. The third-order valence-corrected chi connectivity index (χ3v) is 4.45. The van der Waals surface area contributed by atoms with E-state index in [-0.39, 0.29) is 5.41 Å². The van der Waals surface area contributed by atoms with Crippen LogP contribution in [-0.4, -0.2) is 13.7 Å². The molecule has 1 aromatic heterocycles. The lowest BCUT2D eigenvalue weighted by Gasteiger charge is -2.34. The minimum absolute atomic E-state index is 0.0300. The third-order valence-electron chi connectivity index (χ3n) is 4.45. The highest BCUT2D eigenvalue weighted by molar-refractivity contribution is 5.84. The standard InChI is InChI=1S/C16H21NO2/c1-18-13-7-5-6-12-10-14(19-15(12)13)16(11-17)8-3-2-4-9-16/h5-7,10H,2-4,8-9,11,17H2,1H3. The van der Waals surface area contributed by atoms with Gasteiger partial charge in [-0.05, 0) is 25.0 Å². The average molecular weight is 259 g/mol. The molecule has 0 bridgehead atoms. The Morgan fingerprint density at radius 2 is 2.05 bits per heavy atom. The van der Waals surface area contributed by atoms with Gasteiger partial charge in [0.25, 0.3) is 0 Å². The number of hydrogen-bond donors (Lipinski definition) is 1. The van der Waals surface area contributed by atoms with Crippen LogP contribution in [0, 0.1) is 0 Å². The van der Waals surface area contributed by atoms with E-state index in [2.05, 4.69) is 12.1 Å². The minimum atomic E-state index is 0.0300. The lowest BCUT2D eigenvalue weighted by atomic mass is 9.72. The zero-order valence-electron chi connectivity index (χ0n) is 11.4. The molecule has 1 saturated carbocycles. The van der Waals surface area contributed by atoms with E-state index < -0.39 is 0 Å². The second-order valence-corrected chi connectivity index (χ2v) is 5.53. The highest BCUT2D eigenvalue weighted by Crippen LogP contribution is 2.42. The SMILES string of the molecule is COc1cccc2cc(C3(CN)CCCCC3)oc12. The van der Waals surface area contributed by atoms with Crippen molar-refractivity contribution in [2.45, 2.75) is 37.5 Å². The third kappa shape index (κ3) is 2.02. The number of hydrogen-bond acceptors (Lipinski definition) is 3. The van der Waals surface area contributed by atoms with Crippen molar-refractivity contribution in [3.05, 3.63) is 30.0 Å². The van der Waals surface area contributed by atoms with Gasteiger partial charge in [-0.1, -0.05) is 31.4 Å². The molecule has 2 aromatic rings. The molecular formula is C16H21NO2. The van der Waals surface area contributed by atoms with Gasteiger partial charge in [-0.2, -0.15) is 0 Å². The number of fused-ring (bicyclic) bond motifs is 1. The molecule has 1 aromatic carbocycles. The lowest BCUT2D eigenvalue weighted by Crippen LogP contribution is -2.36. The van der Waals surface area contributed by atoms with Crippen LogP contribution in [0.2, 0.25) is 0 Å². The smallest absolute Gasteiger partial charge is 0.176 e. The van der Waals surface area contributed by atoms with Gasteiger partial charge in [0.2, 0.25) is 0 Å². The van der Waals surface area contributed by atoms with E-state index in [0.717, 1.165) is 35.3 Å². The Morgan fingerprint density at radius 3 is 2.74 bits per heavy atom. The maximum absolute atomic E-state index is 6.12. The normalized spacial score (nSPS) is 18.6. The van der Waals surface area contributed by atoms with Gasteiger partial charge in [0.1, 0.15) is 5.76 Å². The van der Waals surface area contributed by atoms with Crippen molar-refractivity contribution in [2.75, 3.05) is 13.7 Å². The maximum atomic E-state index is 6.12. The van der Waals surface area contributed by atoms with E-state index in [1.165, 1.54) is 19.3 Å². The fraction of sp³-hybridized carbons (Fsp3) is 0.500. The molecule has 3 rings (SSSR count). The summed E-state index contributed by atoms with van der Waals surface area (Å²) < 4.78 is 11.5. The van der Waals surface area contributed by atoms with E-state index in [4.69, 9.17) is 14.9 Å². The minimum Gasteiger partial charge on any atom is -0.493 e. The van der Waals surface area contributed by atoms with Crippen LogP contribution in [0.3, 0.4) is 0 Å². The molecule has 1 aliphatic carbocycles. The van der Waals surface area contributed by atoms with E-state index in [1.807, 2.05) is 12.1 Å². The summed E-state index contributed by atoms with van der Waals surface area (Å²) in [6.07, 6.45) is 6.05. The zero-order chi connectivity index (χ0) is 13.3. The van der Waals surface area contributed by atoms with Crippen LogP contribution in [0.5, 0.6) is 5.75 Å². The van der Waals surface area contributed by atoms with Crippen molar-refractivity contribution in [3.63, 3.8) is 0 Å². The summed E-state index contributed by atoms with van der Waals surface area (Å²) in [6, 6.07) is 8.15. The predicted octanol–water partition coefficient (Wildman–Crippen LogP) is 3.60. The number of para-hydroxylation sites is 1. The van der Waals surface area contributed by atoms with Crippen LogP contribution in [0.25, 0.3) is 11.0 Å². The van der Waals surface area contributed by atoms with Gasteiger partial charge < -0.3 is 14.9 Å². The largest absolute Gasteiger partial charge is 0.493 e.